The summed E-state index contributed by atoms with van der Waals surface area (Å²) >= 11 is 0. The van der Waals surface area contributed by atoms with Gasteiger partial charge in [0.05, 0.1) is 0 Å². The van der Waals surface area contributed by atoms with E-state index in [0.717, 1.165) is 26.1 Å². The number of nitrogens with two attached hydrogens (primary N) is 1. The second-order valence-electron chi connectivity index (χ2n) is 5.94. The summed E-state index contributed by atoms with van der Waals surface area (Å²) in [5, 5.41) is 0. The van der Waals surface area contributed by atoms with Crippen molar-refractivity contribution in [1.82, 2.24) is 4.90 Å². The van der Waals surface area contributed by atoms with Gasteiger partial charge in [0, 0.05) is 30.9 Å². The van der Waals surface area contributed by atoms with Gasteiger partial charge >= 0.3 is 0 Å². The molecule has 0 spiro atoms. The fraction of sp³-hybridized carbons (Fsp3) is 0.625. The third-order valence-corrected chi connectivity index (χ3v) is 4.39. The van der Waals surface area contributed by atoms with Gasteiger partial charge in [0.2, 0.25) is 0 Å². The predicted molar refractivity (Wildman–Crippen MR) is 82.8 cm³/mol. The van der Waals surface area contributed by atoms with Crippen LogP contribution in [0.3, 0.4) is 0 Å². The lowest BCUT2D eigenvalue weighted by molar-refractivity contribution is 0.152. The Morgan fingerprint density at radius 2 is 2.00 bits per heavy atom. The zero-order valence-corrected chi connectivity index (χ0v) is 12.7. The minimum Gasteiger partial charge on any atom is -0.368 e. The molecule has 2 N–H and O–H groups in total. The van der Waals surface area contributed by atoms with E-state index in [9.17, 15) is 0 Å². The van der Waals surface area contributed by atoms with Crippen molar-refractivity contribution in [3.05, 3.63) is 29.3 Å². The second-order valence-corrected chi connectivity index (χ2v) is 5.94. The first-order chi connectivity index (χ1) is 9.02. The fourth-order valence-electron chi connectivity index (χ4n) is 3.01. The van der Waals surface area contributed by atoms with Crippen LogP contribution in [0, 0.1) is 13.8 Å². The van der Waals surface area contributed by atoms with E-state index in [2.05, 4.69) is 55.8 Å². The highest BCUT2D eigenvalue weighted by Gasteiger charge is 2.29. The van der Waals surface area contributed by atoms with Crippen LogP contribution in [0.25, 0.3) is 0 Å². The van der Waals surface area contributed by atoms with E-state index >= 15 is 0 Å². The van der Waals surface area contributed by atoms with Crippen molar-refractivity contribution < 1.29 is 0 Å². The first-order valence-electron chi connectivity index (χ1n) is 7.27. The van der Waals surface area contributed by atoms with Gasteiger partial charge in [-0.15, -0.1) is 0 Å². The molecule has 3 heteroatoms. The molecule has 2 rings (SSSR count). The van der Waals surface area contributed by atoms with Crippen molar-refractivity contribution in [3.63, 3.8) is 0 Å². The highest BCUT2D eigenvalue weighted by atomic mass is 15.3. The molecule has 2 atom stereocenters. The van der Waals surface area contributed by atoms with Gasteiger partial charge in [0.15, 0.2) is 0 Å². The maximum Gasteiger partial charge on any atom is 0.0399 e. The first kappa shape index (κ1) is 14.4. The van der Waals surface area contributed by atoms with Crippen LogP contribution in [0.15, 0.2) is 18.2 Å². The van der Waals surface area contributed by atoms with Crippen molar-refractivity contribution in [3.8, 4) is 0 Å². The maximum absolute atomic E-state index is 5.76. The summed E-state index contributed by atoms with van der Waals surface area (Å²) in [4.78, 5) is 5.02. The van der Waals surface area contributed by atoms with Gasteiger partial charge in [0.25, 0.3) is 0 Å². The third kappa shape index (κ3) is 3.10. The monoisotopic (exact) mass is 261 g/mol. The number of benzene rings is 1. The van der Waals surface area contributed by atoms with Gasteiger partial charge in [0.1, 0.15) is 0 Å². The van der Waals surface area contributed by atoms with E-state index in [4.69, 9.17) is 5.73 Å². The molecule has 1 aromatic carbocycles. The first-order valence-corrected chi connectivity index (χ1v) is 7.27. The molecular weight excluding hydrogens is 234 g/mol. The van der Waals surface area contributed by atoms with Gasteiger partial charge in [-0.2, -0.15) is 0 Å². The quantitative estimate of drug-likeness (QED) is 0.905. The Hall–Kier alpha value is -1.06. The predicted octanol–water partition coefficient (Wildman–Crippen LogP) is 2.16. The number of likely N-dealkylation sites (N-methyl/N-ethyl adjacent to an activating group) is 1. The van der Waals surface area contributed by atoms with Gasteiger partial charge in [-0.05, 0) is 58.0 Å². The van der Waals surface area contributed by atoms with Crippen LogP contribution in [0.4, 0.5) is 5.69 Å². The fourth-order valence-corrected chi connectivity index (χ4v) is 3.01. The van der Waals surface area contributed by atoms with Crippen LogP contribution in [-0.2, 0) is 0 Å². The van der Waals surface area contributed by atoms with Gasteiger partial charge < -0.3 is 10.6 Å². The van der Waals surface area contributed by atoms with Gasteiger partial charge in [-0.1, -0.05) is 12.1 Å². The molecule has 1 heterocycles. The number of hydrogen-bond donors (Lipinski definition) is 1. The third-order valence-electron chi connectivity index (χ3n) is 4.39. The van der Waals surface area contributed by atoms with Crippen LogP contribution in [0.2, 0.25) is 0 Å². The summed E-state index contributed by atoms with van der Waals surface area (Å²) < 4.78 is 0. The number of hydrogen-bond acceptors (Lipinski definition) is 3. The molecule has 0 bridgehead atoms. The van der Waals surface area contributed by atoms with Crippen LogP contribution < -0.4 is 10.6 Å². The smallest absolute Gasteiger partial charge is 0.0399 e. The number of rotatable bonds is 3. The lowest BCUT2D eigenvalue weighted by atomic mass is 10.0. The highest BCUT2D eigenvalue weighted by molar-refractivity contribution is 5.55. The topological polar surface area (TPSA) is 32.5 Å². The molecule has 0 aromatic heterocycles. The van der Waals surface area contributed by atoms with E-state index in [1.807, 2.05) is 0 Å². The van der Waals surface area contributed by atoms with Crippen LogP contribution in [0.5, 0.6) is 0 Å². The molecule has 1 aromatic rings. The molecule has 0 aliphatic carbocycles. The number of piperazine rings is 1. The SMILES string of the molecule is Cc1ccc(C)c(N2CC(C)N(C)C(CCN)C2)c1. The Morgan fingerprint density at radius 1 is 1.26 bits per heavy atom. The Labute approximate surface area is 117 Å². The largest absolute Gasteiger partial charge is 0.368 e. The van der Waals surface area contributed by atoms with E-state index < -0.39 is 0 Å². The molecule has 0 saturated carbocycles. The van der Waals surface area contributed by atoms with Crippen molar-refractivity contribution in [2.45, 2.75) is 39.3 Å². The highest BCUT2D eigenvalue weighted by Crippen LogP contribution is 2.26. The maximum atomic E-state index is 5.76. The molecule has 2 unspecified atom stereocenters. The van der Waals surface area contributed by atoms with Crippen LogP contribution in [-0.4, -0.2) is 43.7 Å². The minimum absolute atomic E-state index is 0.564. The molecule has 0 amide bonds. The molecule has 0 radical (unpaired) electrons. The number of nitrogens with zero attached hydrogens (tertiary/aromatic N) is 2. The normalized spacial score (nSPS) is 24.8. The summed E-state index contributed by atoms with van der Waals surface area (Å²) in [6.45, 7) is 9.63. The number of aryl methyl sites for hydroxylation is 2. The zero-order chi connectivity index (χ0) is 14.0. The summed E-state index contributed by atoms with van der Waals surface area (Å²) in [7, 11) is 2.23. The molecule has 1 saturated heterocycles. The molecule has 1 fully saturated rings. The molecule has 106 valence electrons. The Bertz CT molecular complexity index is 430. The molecule has 3 nitrogen and oxygen atoms in total. The van der Waals surface area contributed by atoms with E-state index in [1.54, 1.807) is 0 Å². The lowest BCUT2D eigenvalue weighted by Crippen LogP contribution is -2.56. The van der Waals surface area contributed by atoms with Gasteiger partial charge in [-0.3, -0.25) is 4.90 Å². The summed E-state index contributed by atoms with van der Waals surface area (Å²) in [6.07, 6.45) is 1.07. The van der Waals surface area contributed by atoms with Crippen molar-refractivity contribution >= 4 is 5.69 Å². The van der Waals surface area contributed by atoms with E-state index in [1.165, 1.54) is 16.8 Å². The Morgan fingerprint density at radius 3 is 2.68 bits per heavy atom. The minimum atomic E-state index is 0.564. The average Bonchev–Trinajstić information content (AvgIpc) is 2.38. The summed E-state index contributed by atoms with van der Waals surface area (Å²) in [5.74, 6) is 0. The standard InChI is InChI=1S/C16H27N3/c1-12-5-6-13(2)16(9-12)19-10-14(3)18(4)15(11-19)7-8-17/h5-6,9,14-15H,7-8,10-11,17H2,1-4H3. The summed E-state index contributed by atoms with van der Waals surface area (Å²) in [6, 6.07) is 7.87. The Kier molecular flexibility index (Phi) is 4.48. The molecule has 1 aliphatic rings. The molecule has 1 aliphatic heterocycles. The van der Waals surface area contributed by atoms with Crippen molar-refractivity contribution in [1.29, 1.82) is 0 Å². The average molecular weight is 261 g/mol. The zero-order valence-electron chi connectivity index (χ0n) is 12.7. The van der Waals surface area contributed by atoms with Crippen molar-refractivity contribution in [2.75, 3.05) is 31.6 Å². The van der Waals surface area contributed by atoms with Crippen LogP contribution in [0.1, 0.15) is 24.5 Å². The van der Waals surface area contributed by atoms with E-state index in [0.29, 0.717) is 12.1 Å². The summed E-state index contributed by atoms with van der Waals surface area (Å²) in [5.41, 5.74) is 9.86. The van der Waals surface area contributed by atoms with Gasteiger partial charge in [-0.25, -0.2) is 0 Å². The second kappa shape index (κ2) is 5.93. The van der Waals surface area contributed by atoms with E-state index in [-0.39, 0.29) is 0 Å². The van der Waals surface area contributed by atoms with Crippen molar-refractivity contribution in [2.24, 2.45) is 5.73 Å². The van der Waals surface area contributed by atoms with Crippen LogP contribution >= 0.6 is 0 Å². The molecular formula is C16H27N3. The molecule has 19 heavy (non-hydrogen) atoms. The Balaban J connectivity index is 2.22. The lowest BCUT2D eigenvalue weighted by Gasteiger charge is -2.45. The number of anilines is 1.